The first-order chi connectivity index (χ1) is 12.0. The van der Waals surface area contributed by atoms with E-state index in [2.05, 4.69) is 29.2 Å². The van der Waals surface area contributed by atoms with Crippen molar-refractivity contribution >= 4 is 12.0 Å². The van der Waals surface area contributed by atoms with Crippen LogP contribution >= 0.6 is 0 Å². The van der Waals surface area contributed by atoms with E-state index in [4.69, 9.17) is 4.42 Å². The molecule has 0 aliphatic rings. The third kappa shape index (κ3) is 4.60. The van der Waals surface area contributed by atoms with Crippen LogP contribution < -0.4 is 5.32 Å². The molecule has 0 aliphatic carbocycles. The number of carbonyl (C=O) groups excluding carboxylic acids is 1. The van der Waals surface area contributed by atoms with Gasteiger partial charge in [0, 0.05) is 30.9 Å². The van der Waals surface area contributed by atoms with E-state index in [-0.39, 0.29) is 11.9 Å². The highest BCUT2D eigenvalue weighted by Gasteiger charge is 2.20. The molecule has 0 aliphatic heterocycles. The maximum Gasteiger partial charge on any atom is 0.244 e. The second-order valence-electron chi connectivity index (χ2n) is 6.04. The van der Waals surface area contributed by atoms with Gasteiger partial charge in [0.15, 0.2) is 0 Å². The highest BCUT2D eigenvalue weighted by atomic mass is 16.3. The van der Waals surface area contributed by atoms with Crippen LogP contribution in [0.25, 0.3) is 6.08 Å². The fourth-order valence-corrected chi connectivity index (χ4v) is 3.00. The molecule has 2 aromatic rings. The summed E-state index contributed by atoms with van der Waals surface area (Å²) in [5.41, 5.74) is 2.95. The van der Waals surface area contributed by atoms with E-state index in [1.54, 1.807) is 12.3 Å². The Morgan fingerprint density at radius 3 is 2.64 bits per heavy atom. The molecule has 0 saturated carbocycles. The average Bonchev–Trinajstić information content (AvgIpc) is 3.19. The molecule has 0 radical (unpaired) electrons. The molecule has 25 heavy (non-hydrogen) atoms. The fraction of sp³-hybridized carbons (Fsp3) is 0.474. The maximum atomic E-state index is 12.2. The zero-order valence-electron chi connectivity index (χ0n) is 15.7. The Labute approximate surface area is 149 Å². The lowest BCUT2D eigenvalue weighted by molar-refractivity contribution is -0.116. The summed E-state index contributed by atoms with van der Waals surface area (Å²) in [5.74, 6) is 0.748. The molecule has 0 bridgehead atoms. The Hall–Kier alpha value is -2.34. The van der Waals surface area contributed by atoms with Gasteiger partial charge in [-0.15, -0.1) is 0 Å². The number of aryl methyl sites for hydroxylation is 2. The van der Waals surface area contributed by atoms with E-state index in [1.165, 1.54) is 0 Å². The summed E-state index contributed by atoms with van der Waals surface area (Å²) in [7, 11) is 1.90. The van der Waals surface area contributed by atoms with Gasteiger partial charge in [-0.1, -0.05) is 13.8 Å². The SMILES string of the molecule is CCN(CC)C(CNC(=O)C=Cc1c(C)nn(C)c1C)c1ccco1. The quantitative estimate of drug-likeness (QED) is 0.748. The Kier molecular flexibility index (Phi) is 6.58. The molecule has 2 rings (SSSR count). The lowest BCUT2D eigenvalue weighted by Gasteiger charge is -2.28. The molecule has 6 nitrogen and oxygen atoms in total. The van der Waals surface area contributed by atoms with E-state index < -0.39 is 0 Å². The molecule has 0 fully saturated rings. The van der Waals surface area contributed by atoms with Crippen molar-refractivity contribution in [1.29, 1.82) is 0 Å². The second kappa shape index (κ2) is 8.67. The number of furan rings is 1. The van der Waals surface area contributed by atoms with Crippen LogP contribution in [0.4, 0.5) is 0 Å². The van der Waals surface area contributed by atoms with Crippen molar-refractivity contribution < 1.29 is 9.21 Å². The average molecular weight is 344 g/mol. The molecular formula is C19H28N4O2. The third-order valence-corrected chi connectivity index (χ3v) is 4.56. The van der Waals surface area contributed by atoms with E-state index >= 15 is 0 Å². The summed E-state index contributed by atoms with van der Waals surface area (Å²) in [6.07, 6.45) is 5.06. The van der Waals surface area contributed by atoms with Crippen LogP contribution in [0.1, 0.15) is 42.6 Å². The molecule has 6 heteroatoms. The summed E-state index contributed by atoms with van der Waals surface area (Å²) in [6.45, 7) is 10.4. The van der Waals surface area contributed by atoms with Crippen molar-refractivity contribution in [3.05, 3.63) is 47.2 Å². The topological polar surface area (TPSA) is 63.3 Å². The van der Waals surface area contributed by atoms with E-state index in [9.17, 15) is 4.79 Å². The van der Waals surface area contributed by atoms with Crippen molar-refractivity contribution in [2.24, 2.45) is 7.05 Å². The number of aromatic nitrogens is 2. The minimum atomic E-state index is -0.119. The van der Waals surface area contributed by atoms with Crippen LogP contribution in [-0.2, 0) is 11.8 Å². The Morgan fingerprint density at radius 2 is 2.12 bits per heavy atom. The number of nitrogens with zero attached hydrogens (tertiary/aromatic N) is 3. The number of carbonyl (C=O) groups is 1. The van der Waals surface area contributed by atoms with Gasteiger partial charge in [-0.25, -0.2) is 0 Å². The maximum absolute atomic E-state index is 12.2. The lowest BCUT2D eigenvalue weighted by Crippen LogP contribution is -2.37. The van der Waals surface area contributed by atoms with Crippen molar-refractivity contribution in [1.82, 2.24) is 20.0 Å². The fourth-order valence-electron chi connectivity index (χ4n) is 3.00. The number of hydrogen-bond donors (Lipinski definition) is 1. The normalized spacial score (nSPS) is 12.9. The molecule has 136 valence electrons. The summed E-state index contributed by atoms with van der Waals surface area (Å²) < 4.78 is 7.37. The van der Waals surface area contributed by atoms with Gasteiger partial charge < -0.3 is 9.73 Å². The van der Waals surface area contributed by atoms with Gasteiger partial charge in [-0.2, -0.15) is 5.10 Å². The smallest absolute Gasteiger partial charge is 0.244 e. The summed E-state index contributed by atoms with van der Waals surface area (Å²) in [5, 5.41) is 7.34. The highest BCUT2D eigenvalue weighted by Crippen LogP contribution is 2.20. The van der Waals surface area contributed by atoms with Crippen LogP contribution in [0, 0.1) is 13.8 Å². The van der Waals surface area contributed by atoms with Crippen molar-refractivity contribution in [2.45, 2.75) is 33.7 Å². The molecule has 1 amide bonds. The molecule has 0 spiro atoms. The van der Waals surface area contributed by atoms with Gasteiger partial charge in [0.25, 0.3) is 0 Å². The predicted octanol–water partition coefficient (Wildman–Crippen LogP) is 2.84. The number of amides is 1. The monoisotopic (exact) mass is 344 g/mol. The van der Waals surface area contributed by atoms with Gasteiger partial charge >= 0.3 is 0 Å². The Bertz CT molecular complexity index is 712. The molecule has 1 unspecified atom stereocenters. The molecule has 2 heterocycles. The van der Waals surface area contributed by atoms with Crippen molar-refractivity contribution in [3.8, 4) is 0 Å². The minimum Gasteiger partial charge on any atom is -0.468 e. The van der Waals surface area contributed by atoms with Crippen LogP contribution in [0.2, 0.25) is 0 Å². The Morgan fingerprint density at radius 1 is 1.40 bits per heavy atom. The standard InChI is InChI=1S/C19H28N4O2/c1-6-23(7-2)17(18-9-8-12-25-18)13-20-19(24)11-10-16-14(3)21-22(5)15(16)4/h8-12,17H,6-7,13H2,1-5H3,(H,20,24). The molecular weight excluding hydrogens is 316 g/mol. The number of likely N-dealkylation sites (N-methyl/N-ethyl adjacent to an activating group) is 1. The van der Waals surface area contributed by atoms with Crippen LogP contribution in [0.3, 0.4) is 0 Å². The third-order valence-electron chi connectivity index (χ3n) is 4.56. The largest absolute Gasteiger partial charge is 0.468 e. The van der Waals surface area contributed by atoms with Crippen LogP contribution in [-0.4, -0.2) is 40.2 Å². The molecule has 1 atom stereocenters. The van der Waals surface area contributed by atoms with Crippen LogP contribution in [0.15, 0.2) is 28.9 Å². The van der Waals surface area contributed by atoms with Gasteiger partial charge in [0.2, 0.25) is 5.91 Å². The first kappa shape index (κ1) is 19.0. The van der Waals surface area contributed by atoms with E-state index in [0.29, 0.717) is 6.54 Å². The van der Waals surface area contributed by atoms with Crippen molar-refractivity contribution in [3.63, 3.8) is 0 Å². The first-order valence-electron chi connectivity index (χ1n) is 8.71. The number of hydrogen-bond acceptors (Lipinski definition) is 4. The summed E-state index contributed by atoms with van der Waals surface area (Å²) in [4.78, 5) is 14.5. The first-order valence-corrected chi connectivity index (χ1v) is 8.71. The zero-order chi connectivity index (χ0) is 18.4. The van der Waals surface area contributed by atoms with E-state index in [1.807, 2.05) is 43.8 Å². The summed E-state index contributed by atoms with van der Waals surface area (Å²) in [6, 6.07) is 3.86. The van der Waals surface area contributed by atoms with Crippen molar-refractivity contribution in [2.75, 3.05) is 19.6 Å². The van der Waals surface area contributed by atoms with E-state index in [0.717, 1.165) is 35.8 Å². The molecule has 2 aromatic heterocycles. The second-order valence-corrected chi connectivity index (χ2v) is 6.04. The molecule has 1 N–H and O–H groups in total. The van der Waals surface area contributed by atoms with Crippen LogP contribution in [0.5, 0.6) is 0 Å². The molecule has 0 aromatic carbocycles. The number of rotatable bonds is 8. The minimum absolute atomic E-state index is 0.0317. The molecule has 0 saturated heterocycles. The highest BCUT2D eigenvalue weighted by molar-refractivity contribution is 5.92. The zero-order valence-corrected chi connectivity index (χ0v) is 15.7. The van der Waals surface area contributed by atoms with Gasteiger partial charge in [0.05, 0.1) is 18.0 Å². The van der Waals surface area contributed by atoms with Gasteiger partial charge in [0.1, 0.15) is 5.76 Å². The van der Waals surface area contributed by atoms with Gasteiger partial charge in [-0.3, -0.25) is 14.4 Å². The summed E-state index contributed by atoms with van der Waals surface area (Å²) >= 11 is 0. The Balaban J connectivity index is 2.02. The number of nitrogens with one attached hydrogen (secondary N) is 1. The lowest BCUT2D eigenvalue weighted by atomic mass is 10.1. The predicted molar refractivity (Wildman–Crippen MR) is 99.1 cm³/mol. The van der Waals surface area contributed by atoms with Gasteiger partial charge in [-0.05, 0) is 45.1 Å².